The molecule has 1 aromatic carbocycles. The number of benzene rings is 1. The van der Waals surface area contributed by atoms with Gasteiger partial charge >= 0.3 is 0 Å². The van der Waals surface area contributed by atoms with Gasteiger partial charge < -0.3 is 10.0 Å². The highest BCUT2D eigenvalue weighted by Gasteiger charge is 2.47. The molecule has 1 N–H and O–H groups in total. The number of carbonyl (C=O) groups excluding carboxylic acids is 1. The molecule has 0 spiro atoms. The van der Waals surface area contributed by atoms with E-state index in [1.54, 1.807) is 4.90 Å². The van der Waals surface area contributed by atoms with Gasteiger partial charge in [0.05, 0.1) is 6.10 Å². The number of aliphatic hydroxyl groups is 1. The molecule has 1 saturated heterocycles. The van der Waals surface area contributed by atoms with Gasteiger partial charge in [0, 0.05) is 25.4 Å². The molecule has 2 aliphatic rings. The molecular formula is C15H17F2NO2. The molecule has 1 heterocycles. The summed E-state index contributed by atoms with van der Waals surface area (Å²) in [4.78, 5) is 13.9. The first kappa shape index (κ1) is 13.5. The Morgan fingerprint density at radius 3 is 2.75 bits per heavy atom. The molecule has 0 unspecified atom stereocenters. The lowest BCUT2D eigenvalue weighted by Gasteiger charge is -2.34. The van der Waals surface area contributed by atoms with E-state index in [0.29, 0.717) is 30.9 Å². The first-order chi connectivity index (χ1) is 9.54. The lowest BCUT2D eigenvalue weighted by molar-refractivity contribution is -0.130. The van der Waals surface area contributed by atoms with Crippen molar-refractivity contribution in [3.8, 4) is 0 Å². The molecule has 5 heteroatoms. The van der Waals surface area contributed by atoms with Crippen LogP contribution in [0.2, 0.25) is 0 Å². The predicted molar refractivity (Wildman–Crippen MR) is 68.9 cm³/mol. The summed E-state index contributed by atoms with van der Waals surface area (Å²) in [6.07, 6.45) is 1.23. The topological polar surface area (TPSA) is 40.5 Å². The van der Waals surface area contributed by atoms with Crippen LogP contribution in [0.15, 0.2) is 18.2 Å². The molecule has 20 heavy (non-hydrogen) atoms. The smallest absolute Gasteiger partial charge is 0.222 e. The maximum Gasteiger partial charge on any atom is 0.222 e. The number of carbonyl (C=O) groups is 1. The van der Waals surface area contributed by atoms with Crippen LogP contribution in [0, 0.1) is 23.5 Å². The van der Waals surface area contributed by atoms with Crippen molar-refractivity contribution in [1.29, 1.82) is 0 Å². The van der Waals surface area contributed by atoms with Crippen molar-refractivity contribution in [2.24, 2.45) is 11.8 Å². The Bertz CT molecular complexity index is 535. The Morgan fingerprint density at radius 2 is 2.10 bits per heavy atom. The molecule has 1 aliphatic heterocycles. The van der Waals surface area contributed by atoms with E-state index in [9.17, 15) is 18.7 Å². The average Bonchev–Trinajstić information content (AvgIpc) is 2.77. The normalized spacial score (nSPS) is 28.1. The minimum atomic E-state index is -0.878. The molecule has 3 nitrogen and oxygen atoms in total. The fraction of sp³-hybridized carbons (Fsp3) is 0.533. The zero-order valence-corrected chi connectivity index (χ0v) is 11.1. The minimum Gasteiger partial charge on any atom is -0.393 e. The van der Waals surface area contributed by atoms with E-state index in [1.165, 1.54) is 6.07 Å². The lowest BCUT2D eigenvalue weighted by Crippen LogP contribution is -2.39. The number of hydrogen-bond donors (Lipinski definition) is 1. The summed E-state index contributed by atoms with van der Waals surface area (Å²) >= 11 is 0. The van der Waals surface area contributed by atoms with E-state index in [4.69, 9.17) is 0 Å². The third-order valence-electron chi connectivity index (χ3n) is 4.49. The standard InChI is InChI=1S/C15H17F2NO2/c16-12-3-1-9(5-13(12)17)2-4-15(20)18-7-10-6-14(19)11(10)8-18/h1,3,5,10-11,14,19H,2,4,6-8H2/t10-,11+,14+/m1/s1. The number of fused-ring (bicyclic) bond motifs is 1. The Kier molecular flexibility index (Phi) is 3.46. The summed E-state index contributed by atoms with van der Waals surface area (Å²) in [5.74, 6) is -1.04. The summed E-state index contributed by atoms with van der Waals surface area (Å²) < 4.78 is 25.9. The summed E-state index contributed by atoms with van der Waals surface area (Å²) in [6.45, 7) is 1.35. The van der Waals surface area contributed by atoms with E-state index >= 15 is 0 Å². The molecule has 1 aromatic rings. The number of nitrogens with zero attached hydrogens (tertiary/aromatic N) is 1. The van der Waals surface area contributed by atoms with Gasteiger partial charge in [-0.2, -0.15) is 0 Å². The molecule has 0 radical (unpaired) electrons. The predicted octanol–water partition coefficient (Wildman–Crippen LogP) is 1.74. The van der Waals surface area contributed by atoms with Gasteiger partial charge in [0.15, 0.2) is 11.6 Å². The van der Waals surface area contributed by atoms with E-state index in [-0.39, 0.29) is 17.9 Å². The second-order valence-corrected chi connectivity index (χ2v) is 5.77. The van der Waals surface area contributed by atoms with Crippen molar-refractivity contribution >= 4 is 5.91 Å². The molecule has 1 amide bonds. The van der Waals surface area contributed by atoms with Crippen LogP contribution in [0.1, 0.15) is 18.4 Å². The number of aryl methyl sites for hydroxylation is 1. The van der Waals surface area contributed by atoms with Gasteiger partial charge in [-0.15, -0.1) is 0 Å². The first-order valence-electron chi connectivity index (χ1n) is 6.94. The molecule has 3 rings (SSSR count). The molecule has 2 fully saturated rings. The van der Waals surface area contributed by atoms with E-state index in [2.05, 4.69) is 0 Å². The van der Waals surface area contributed by atoms with Crippen LogP contribution in [-0.2, 0) is 11.2 Å². The Labute approximate surface area is 116 Å². The Morgan fingerprint density at radius 1 is 1.30 bits per heavy atom. The highest BCUT2D eigenvalue weighted by molar-refractivity contribution is 5.76. The van der Waals surface area contributed by atoms with Crippen LogP contribution in [0.3, 0.4) is 0 Å². The Hall–Kier alpha value is -1.49. The van der Waals surface area contributed by atoms with Crippen molar-refractivity contribution in [1.82, 2.24) is 4.90 Å². The SMILES string of the molecule is O=C(CCc1ccc(F)c(F)c1)N1C[C@H]2C[C@H](O)[C@H]2C1. The zero-order chi connectivity index (χ0) is 14.3. The summed E-state index contributed by atoms with van der Waals surface area (Å²) in [5, 5.41) is 9.57. The summed E-state index contributed by atoms with van der Waals surface area (Å²) in [7, 11) is 0. The van der Waals surface area contributed by atoms with Gasteiger partial charge in [0.2, 0.25) is 5.91 Å². The highest BCUT2D eigenvalue weighted by atomic mass is 19.2. The van der Waals surface area contributed by atoms with Crippen LogP contribution < -0.4 is 0 Å². The van der Waals surface area contributed by atoms with Crippen molar-refractivity contribution in [3.05, 3.63) is 35.4 Å². The maximum absolute atomic E-state index is 13.1. The van der Waals surface area contributed by atoms with Crippen LogP contribution in [0.4, 0.5) is 8.78 Å². The van der Waals surface area contributed by atoms with Crippen LogP contribution >= 0.6 is 0 Å². The third kappa shape index (κ3) is 2.42. The van der Waals surface area contributed by atoms with Gasteiger partial charge in [0.25, 0.3) is 0 Å². The number of aliphatic hydroxyl groups excluding tert-OH is 1. The molecule has 1 aliphatic carbocycles. The van der Waals surface area contributed by atoms with Crippen LogP contribution in [-0.4, -0.2) is 35.1 Å². The van der Waals surface area contributed by atoms with E-state index in [1.807, 2.05) is 0 Å². The average molecular weight is 281 g/mol. The fourth-order valence-electron chi connectivity index (χ4n) is 3.18. The second-order valence-electron chi connectivity index (χ2n) is 5.77. The largest absolute Gasteiger partial charge is 0.393 e. The van der Waals surface area contributed by atoms with Crippen molar-refractivity contribution < 1.29 is 18.7 Å². The lowest BCUT2D eigenvalue weighted by atomic mass is 9.74. The van der Waals surface area contributed by atoms with E-state index in [0.717, 1.165) is 25.1 Å². The van der Waals surface area contributed by atoms with Gasteiger partial charge in [0.1, 0.15) is 0 Å². The third-order valence-corrected chi connectivity index (χ3v) is 4.49. The van der Waals surface area contributed by atoms with Gasteiger partial charge in [-0.05, 0) is 36.5 Å². The van der Waals surface area contributed by atoms with Crippen LogP contribution in [0.25, 0.3) is 0 Å². The number of likely N-dealkylation sites (tertiary alicyclic amines) is 1. The molecule has 108 valence electrons. The van der Waals surface area contributed by atoms with Crippen molar-refractivity contribution in [3.63, 3.8) is 0 Å². The number of amides is 1. The minimum absolute atomic E-state index is 0.0244. The maximum atomic E-state index is 13.1. The van der Waals surface area contributed by atoms with Crippen molar-refractivity contribution in [2.45, 2.75) is 25.4 Å². The number of rotatable bonds is 3. The molecule has 0 bridgehead atoms. The number of hydrogen-bond acceptors (Lipinski definition) is 2. The fourth-order valence-corrected chi connectivity index (χ4v) is 3.18. The number of halogens is 2. The van der Waals surface area contributed by atoms with Gasteiger partial charge in [-0.25, -0.2) is 8.78 Å². The van der Waals surface area contributed by atoms with Crippen LogP contribution in [0.5, 0.6) is 0 Å². The van der Waals surface area contributed by atoms with Gasteiger partial charge in [-0.1, -0.05) is 6.07 Å². The zero-order valence-electron chi connectivity index (χ0n) is 11.1. The van der Waals surface area contributed by atoms with E-state index < -0.39 is 11.6 Å². The first-order valence-corrected chi connectivity index (χ1v) is 6.94. The van der Waals surface area contributed by atoms with Gasteiger partial charge in [-0.3, -0.25) is 4.79 Å². The Balaban J connectivity index is 1.53. The van der Waals surface area contributed by atoms with Crippen molar-refractivity contribution in [2.75, 3.05) is 13.1 Å². The highest BCUT2D eigenvalue weighted by Crippen LogP contribution is 2.40. The molecular weight excluding hydrogens is 264 g/mol. The molecule has 0 aromatic heterocycles. The summed E-state index contributed by atoms with van der Waals surface area (Å²) in [6, 6.07) is 3.73. The monoisotopic (exact) mass is 281 g/mol. The molecule has 1 saturated carbocycles. The quantitative estimate of drug-likeness (QED) is 0.916. The second kappa shape index (κ2) is 5.13. The summed E-state index contributed by atoms with van der Waals surface area (Å²) in [5.41, 5.74) is 0.624. The molecule has 3 atom stereocenters.